The average Bonchev–Trinajstić information content (AvgIpc) is 2.17. The van der Waals surface area contributed by atoms with Gasteiger partial charge in [-0.05, 0) is 6.92 Å². The molecule has 2 unspecified atom stereocenters. The Morgan fingerprint density at radius 2 is 1.90 bits per heavy atom. The lowest BCUT2D eigenvalue weighted by Gasteiger charge is -2.11. The van der Waals surface area contributed by atoms with Crippen LogP contribution in [0.1, 0.15) is 6.92 Å². The molecule has 4 heteroatoms. The molecule has 0 bridgehead atoms. The summed E-state index contributed by atoms with van der Waals surface area (Å²) in [5.41, 5.74) is 0. The Labute approximate surface area is 59.5 Å². The molecule has 0 aromatic rings. The Balaban J connectivity index is 2.53. The third-order valence-electron chi connectivity index (χ3n) is 1.95. The first kappa shape index (κ1) is 7.94. The van der Waals surface area contributed by atoms with Crippen LogP contribution in [-0.4, -0.2) is 46.2 Å². The summed E-state index contributed by atoms with van der Waals surface area (Å²) in [6, 6.07) is -0.503. The fraction of sp³-hybridized carbons (Fsp3) is 1.00. The van der Waals surface area contributed by atoms with Gasteiger partial charge in [-0.1, -0.05) is 0 Å². The van der Waals surface area contributed by atoms with Gasteiger partial charge in [0, 0.05) is 6.04 Å². The highest BCUT2D eigenvalue weighted by Crippen LogP contribution is 2.12. The molecule has 0 amide bonds. The highest BCUT2D eigenvalue weighted by atomic mass is 16.3. The van der Waals surface area contributed by atoms with Crippen LogP contribution in [0.2, 0.25) is 0 Å². The van der Waals surface area contributed by atoms with Crippen molar-refractivity contribution in [2.75, 3.05) is 6.61 Å². The zero-order valence-electron chi connectivity index (χ0n) is 5.86. The maximum Gasteiger partial charge on any atom is 0.0989 e. The van der Waals surface area contributed by atoms with Gasteiger partial charge in [-0.25, -0.2) is 0 Å². The smallest absolute Gasteiger partial charge is 0.0989 e. The normalized spacial score (nSPS) is 48.0. The second-order valence-corrected chi connectivity index (χ2v) is 2.73. The standard InChI is InChI=1S/C6H13NO3/c1-3-5(9)6(10)4(2-8)7-3/h3-10H,2H2,1H3/t3-,4+,5?,6?/m0/s1. The van der Waals surface area contributed by atoms with Crippen molar-refractivity contribution in [1.29, 1.82) is 0 Å². The van der Waals surface area contributed by atoms with E-state index in [0.29, 0.717) is 0 Å². The van der Waals surface area contributed by atoms with Gasteiger partial charge in [0.2, 0.25) is 0 Å². The molecule has 10 heavy (non-hydrogen) atoms. The molecule has 1 aliphatic heterocycles. The van der Waals surface area contributed by atoms with Crippen molar-refractivity contribution in [1.82, 2.24) is 5.32 Å². The second kappa shape index (κ2) is 2.84. The number of hydrogen-bond donors (Lipinski definition) is 4. The maximum atomic E-state index is 9.16. The minimum Gasteiger partial charge on any atom is -0.395 e. The van der Waals surface area contributed by atoms with Gasteiger partial charge in [0.15, 0.2) is 0 Å². The molecule has 1 aliphatic rings. The van der Waals surface area contributed by atoms with Crippen molar-refractivity contribution >= 4 is 0 Å². The van der Waals surface area contributed by atoms with Gasteiger partial charge < -0.3 is 20.6 Å². The molecule has 1 saturated heterocycles. The molecule has 0 spiro atoms. The summed E-state index contributed by atoms with van der Waals surface area (Å²) < 4.78 is 0. The number of nitrogens with one attached hydrogen (secondary N) is 1. The molecule has 0 aromatic carbocycles. The minimum absolute atomic E-state index is 0.132. The summed E-state index contributed by atoms with van der Waals surface area (Å²) in [5.74, 6) is 0. The molecule has 4 atom stereocenters. The Morgan fingerprint density at radius 1 is 1.30 bits per heavy atom. The van der Waals surface area contributed by atoms with E-state index in [9.17, 15) is 0 Å². The zero-order chi connectivity index (χ0) is 7.72. The van der Waals surface area contributed by atoms with Crippen molar-refractivity contribution in [2.24, 2.45) is 0 Å². The molecule has 60 valence electrons. The van der Waals surface area contributed by atoms with Gasteiger partial charge >= 0.3 is 0 Å². The Kier molecular flexibility index (Phi) is 2.25. The molecular weight excluding hydrogens is 134 g/mol. The van der Waals surface area contributed by atoms with Gasteiger partial charge in [0.05, 0.1) is 24.9 Å². The summed E-state index contributed by atoms with van der Waals surface area (Å²) in [4.78, 5) is 0. The van der Waals surface area contributed by atoms with Crippen LogP contribution in [0.15, 0.2) is 0 Å². The highest BCUT2D eigenvalue weighted by molar-refractivity contribution is 4.95. The average molecular weight is 147 g/mol. The zero-order valence-corrected chi connectivity index (χ0v) is 5.86. The minimum atomic E-state index is -0.833. The molecule has 0 aromatic heterocycles. The number of aliphatic hydroxyl groups excluding tert-OH is 3. The van der Waals surface area contributed by atoms with Crippen LogP contribution in [0.4, 0.5) is 0 Å². The van der Waals surface area contributed by atoms with Crippen LogP contribution in [-0.2, 0) is 0 Å². The molecular formula is C6H13NO3. The lowest BCUT2D eigenvalue weighted by Crippen LogP contribution is -2.36. The van der Waals surface area contributed by atoms with Crippen molar-refractivity contribution in [3.63, 3.8) is 0 Å². The van der Waals surface area contributed by atoms with Crippen molar-refractivity contribution in [3.05, 3.63) is 0 Å². The predicted molar refractivity (Wildman–Crippen MR) is 35.5 cm³/mol. The van der Waals surface area contributed by atoms with E-state index in [4.69, 9.17) is 15.3 Å². The quantitative estimate of drug-likeness (QED) is 0.348. The molecule has 4 nitrogen and oxygen atoms in total. The van der Waals surface area contributed by atoms with E-state index in [2.05, 4.69) is 5.32 Å². The molecule has 0 saturated carbocycles. The third-order valence-corrected chi connectivity index (χ3v) is 1.95. The summed E-state index contributed by atoms with van der Waals surface area (Å²) in [6.45, 7) is 1.63. The summed E-state index contributed by atoms with van der Waals surface area (Å²) in [5, 5.41) is 29.8. The first-order valence-electron chi connectivity index (χ1n) is 3.40. The summed E-state index contributed by atoms with van der Waals surface area (Å²) >= 11 is 0. The molecule has 0 aliphatic carbocycles. The molecule has 0 radical (unpaired) electrons. The molecule has 1 heterocycles. The van der Waals surface area contributed by atoms with E-state index < -0.39 is 12.2 Å². The molecule has 1 rings (SSSR count). The van der Waals surface area contributed by atoms with Crippen molar-refractivity contribution in [2.45, 2.75) is 31.2 Å². The number of hydrogen-bond acceptors (Lipinski definition) is 4. The van der Waals surface area contributed by atoms with E-state index in [1.54, 1.807) is 6.92 Å². The van der Waals surface area contributed by atoms with Crippen LogP contribution in [0.25, 0.3) is 0 Å². The van der Waals surface area contributed by atoms with Crippen molar-refractivity contribution < 1.29 is 15.3 Å². The lowest BCUT2D eigenvalue weighted by atomic mass is 10.1. The van der Waals surface area contributed by atoms with Crippen LogP contribution in [0, 0.1) is 0 Å². The van der Waals surface area contributed by atoms with E-state index in [1.165, 1.54) is 0 Å². The SMILES string of the molecule is C[C@@H]1N[C@H](CO)C(O)C1O. The summed E-state index contributed by atoms with van der Waals surface area (Å²) in [7, 11) is 0. The highest BCUT2D eigenvalue weighted by Gasteiger charge is 2.37. The molecule has 1 fully saturated rings. The van der Waals surface area contributed by atoms with E-state index in [1.807, 2.05) is 0 Å². The van der Waals surface area contributed by atoms with Crippen molar-refractivity contribution in [3.8, 4) is 0 Å². The van der Waals surface area contributed by atoms with Gasteiger partial charge in [0.1, 0.15) is 0 Å². The topological polar surface area (TPSA) is 72.7 Å². The Hall–Kier alpha value is -0.160. The maximum absolute atomic E-state index is 9.16. The van der Waals surface area contributed by atoms with Gasteiger partial charge in [-0.3, -0.25) is 0 Å². The van der Waals surface area contributed by atoms with E-state index in [0.717, 1.165) is 0 Å². The lowest BCUT2D eigenvalue weighted by molar-refractivity contribution is 0.0214. The third kappa shape index (κ3) is 1.15. The second-order valence-electron chi connectivity index (χ2n) is 2.73. The van der Waals surface area contributed by atoms with Crippen LogP contribution < -0.4 is 5.32 Å². The van der Waals surface area contributed by atoms with E-state index >= 15 is 0 Å². The Morgan fingerprint density at radius 3 is 2.10 bits per heavy atom. The summed E-state index contributed by atoms with van der Waals surface area (Å²) in [6.07, 6.45) is -1.59. The first-order valence-corrected chi connectivity index (χ1v) is 3.40. The number of aliphatic hydroxyl groups is 3. The fourth-order valence-electron chi connectivity index (χ4n) is 1.23. The molecule has 4 N–H and O–H groups in total. The van der Waals surface area contributed by atoms with Gasteiger partial charge in [-0.15, -0.1) is 0 Å². The van der Waals surface area contributed by atoms with Gasteiger partial charge in [0.25, 0.3) is 0 Å². The fourth-order valence-corrected chi connectivity index (χ4v) is 1.23. The first-order chi connectivity index (χ1) is 4.66. The monoisotopic (exact) mass is 147 g/mol. The van der Waals surface area contributed by atoms with Crippen LogP contribution >= 0.6 is 0 Å². The largest absolute Gasteiger partial charge is 0.395 e. The van der Waals surface area contributed by atoms with Crippen LogP contribution in [0.3, 0.4) is 0 Å². The number of rotatable bonds is 1. The Bertz CT molecular complexity index is 120. The predicted octanol–water partition coefficient (Wildman–Crippen LogP) is -1.94. The van der Waals surface area contributed by atoms with Crippen LogP contribution in [0.5, 0.6) is 0 Å². The van der Waals surface area contributed by atoms with E-state index in [-0.39, 0.29) is 18.7 Å². The van der Waals surface area contributed by atoms with Gasteiger partial charge in [-0.2, -0.15) is 0 Å².